The molecular formula is C19H22N4O5S. The standard InChI is InChI=1S/C19H22N4O5S/c1-13(16-6-3-7-17(20)18(16)24)21-22-19(25)14-4-2-5-15(12-14)29(26,27)23-8-10-28-11-9-23/h2-7,12,24H,8-11,20H2,1H3,(H,22,25)/b21-13+. The number of para-hydroxylation sites is 1. The summed E-state index contributed by atoms with van der Waals surface area (Å²) in [6.07, 6.45) is 0. The van der Waals surface area contributed by atoms with Crippen LogP contribution in [0.2, 0.25) is 0 Å². The van der Waals surface area contributed by atoms with Gasteiger partial charge < -0.3 is 15.6 Å². The van der Waals surface area contributed by atoms with Gasteiger partial charge in [-0.15, -0.1) is 0 Å². The van der Waals surface area contributed by atoms with Crippen molar-refractivity contribution in [3.63, 3.8) is 0 Å². The molecule has 0 radical (unpaired) electrons. The number of morpholine rings is 1. The van der Waals surface area contributed by atoms with E-state index in [1.807, 2.05) is 0 Å². The molecule has 1 amide bonds. The molecule has 0 spiro atoms. The lowest BCUT2D eigenvalue weighted by molar-refractivity contribution is 0.0730. The second-order valence-electron chi connectivity index (χ2n) is 6.43. The first-order valence-electron chi connectivity index (χ1n) is 8.91. The van der Waals surface area contributed by atoms with Gasteiger partial charge >= 0.3 is 0 Å². The van der Waals surface area contributed by atoms with Crippen LogP contribution >= 0.6 is 0 Å². The molecule has 4 N–H and O–H groups in total. The lowest BCUT2D eigenvalue weighted by atomic mass is 10.1. The van der Waals surface area contributed by atoms with Gasteiger partial charge in [0.15, 0.2) is 0 Å². The van der Waals surface area contributed by atoms with Gasteiger partial charge in [0.1, 0.15) is 5.75 Å². The minimum Gasteiger partial charge on any atom is -0.505 e. The van der Waals surface area contributed by atoms with Gasteiger partial charge in [-0.2, -0.15) is 9.41 Å². The quantitative estimate of drug-likeness (QED) is 0.289. The van der Waals surface area contributed by atoms with Crippen molar-refractivity contribution in [2.75, 3.05) is 32.0 Å². The first-order valence-corrected chi connectivity index (χ1v) is 10.3. The number of nitrogens with zero attached hydrogens (tertiary/aromatic N) is 2. The maximum Gasteiger partial charge on any atom is 0.271 e. The molecule has 1 fully saturated rings. The van der Waals surface area contributed by atoms with Gasteiger partial charge in [0.25, 0.3) is 5.91 Å². The maximum atomic E-state index is 12.8. The Morgan fingerprint density at radius 1 is 1.21 bits per heavy atom. The number of nitrogen functional groups attached to an aromatic ring is 1. The summed E-state index contributed by atoms with van der Waals surface area (Å²) in [5.74, 6) is -0.701. The SMILES string of the molecule is C/C(=N\NC(=O)c1cccc(S(=O)(=O)N2CCOCC2)c1)c1cccc(N)c1O. The normalized spacial score (nSPS) is 15.8. The van der Waals surface area contributed by atoms with Crippen molar-refractivity contribution in [2.24, 2.45) is 5.10 Å². The predicted molar refractivity (Wildman–Crippen MR) is 108 cm³/mol. The molecule has 0 bridgehead atoms. The number of hydrogen-bond acceptors (Lipinski definition) is 7. The number of nitrogens with one attached hydrogen (secondary N) is 1. The van der Waals surface area contributed by atoms with Crippen LogP contribution in [0.1, 0.15) is 22.8 Å². The highest BCUT2D eigenvalue weighted by atomic mass is 32.2. The molecule has 0 atom stereocenters. The molecule has 3 rings (SSSR count). The Hall–Kier alpha value is -2.95. The smallest absolute Gasteiger partial charge is 0.271 e. The van der Waals surface area contributed by atoms with E-state index in [9.17, 15) is 18.3 Å². The number of sulfonamides is 1. The second kappa shape index (κ2) is 8.60. The van der Waals surface area contributed by atoms with Crippen molar-refractivity contribution in [3.8, 4) is 5.75 Å². The lowest BCUT2D eigenvalue weighted by Gasteiger charge is -2.26. The summed E-state index contributed by atoms with van der Waals surface area (Å²) >= 11 is 0. The van der Waals surface area contributed by atoms with Gasteiger partial charge in [-0.05, 0) is 37.3 Å². The van der Waals surface area contributed by atoms with Crippen LogP contribution in [0.15, 0.2) is 52.5 Å². The monoisotopic (exact) mass is 418 g/mol. The third-order valence-electron chi connectivity index (χ3n) is 4.49. The van der Waals surface area contributed by atoms with E-state index >= 15 is 0 Å². The number of benzene rings is 2. The number of aromatic hydroxyl groups is 1. The molecule has 0 unspecified atom stereocenters. The van der Waals surface area contributed by atoms with E-state index in [2.05, 4.69) is 10.5 Å². The van der Waals surface area contributed by atoms with E-state index in [1.165, 1.54) is 28.6 Å². The van der Waals surface area contributed by atoms with Crippen molar-refractivity contribution in [2.45, 2.75) is 11.8 Å². The van der Waals surface area contributed by atoms with Crippen LogP contribution in [0.3, 0.4) is 0 Å². The number of phenols is 1. The molecular weight excluding hydrogens is 396 g/mol. The second-order valence-corrected chi connectivity index (χ2v) is 8.36. The first-order chi connectivity index (χ1) is 13.8. The molecule has 2 aromatic rings. The lowest BCUT2D eigenvalue weighted by Crippen LogP contribution is -2.40. The summed E-state index contributed by atoms with van der Waals surface area (Å²) in [6.45, 7) is 2.82. The number of amides is 1. The Morgan fingerprint density at radius 2 is 1.90 bits per heavy atom. The van der Waals surface area contributed by atoms with Crippen LogP contribution in [0.25, 0.3) is 0 Å². The number of ether oxygens (including phenoxy) is 1. The fourth-order valence-corrected chi connectivity index (χ4v) is 4.30. The molecule has 10 heteroatoms. The van der Waals surface area contributed by atoms with E-state index in [0.717, 1.165) is 0 Å². The average Bonchev–Trinajstić information content (AvgIpc) is 2.74. The molecule has 29 heavy (non-hydrogen) atoms. The van der Waals surface area contributed by atoms with Gasteiger partial charge in [0.2, 0.25) is 10.0 Å². The summed E-state index contributed by atoms with van der Waals surface area (Å²) in [7, 11) is -3.71. The number of phenolic OH excluding ortho intramolecular Hbond substituents is 1. The topological polar surface area (TPSA) is 134 Å². The maximum absolute atomic E-state index is 12.8. The molecule has 2 aromatic carbocycles. The van der Waals surface area contributed by atoms with Gasteiger partial charge in [-0.3, -0.25) is 4.79 Å². The molecule has 0 aliphatic carbocycles. The van der Waals surface area contributed by atoms with Gasteiger partial charge in [0, 0.05) is 24.2 Å². The van der Waals surface area contributed by atoms with Crippen molar-refractivity contribution >= 4 is 27.3 Å². The van der Waals surface area contributed by atoms with Crippen LogP contribution < -0.4 is 11.2 Å². The number of rotatable bonds is 5. The predicted octanol–water partition coefficient (Wildman–Crippen LogP) is 1.15. The number of carbonyl (C=O) groups excluding carboxylic acids is 1. The zero-order valence-corrected chi connectivity index (χ0v) is 16.6. The summed E-state index contributed by atoms with van der Waals surface area (Å²) in [6, 6.07) is 10.6. The van der Waals surface area contributed by atoms with Crippen molar-refractivity contribution in [1.82, 2.24) is 9.73 Å². The molecule has 1 aliphatic rings. The first kappa shape index (κ1) is 20.8. The summed E-state index contributed by atoms with van der Waals surface area (Å²) in [4.78, 5) is 12.5. The highest BCUT2D eigenvalue weighted by molar-refractivity contribution is 7.89. The number of anilines is 1. The van der Waals surface area contributed by atoms with Crippen LogP contribution in [0.4, 0.5) is 5.69 Å². The number of hydrazone groups is 1. The zero-order valence-electron chi connectivity index (χ0n) is 15.8. The van der Waals surface area contributed by atoms with Crippen molar-refractivity contribution in [3.05, 3.63) is 53.6 Å². The van der Waals surface area contributed by atoms with E-state index < -0.39 is 15.9 Å². The van der Waals surface area contributed by atoms with Crippen LogP contribution in [-0.4, -0.2) is 55.8 Å². The Bertz CT molecular complexity index is 1050. The molecule has 9 nitrogen and oxygen atoms in total. The fourth-order valence-electron chi connectivity index (χ4n) is 2.85. The van der Waals surface area contributed by atoms with Crippen molar-refractivity contribution in [1.29, 1.82) is 0 Å². The van der Waals surface area contributed by atoms with Crippen LogP contribution in [0, 0.1) is 0 Å². The minimum atomic E-state index is -3.71. The number of carbonyl (C=O) groups is 1. The Labute approximate surface area is 168 Å². The summed E-state index contributed by atoms with van der Waals surface area (Å²) in [5, 5.41) is 14.0. The molecule has 1 saturated heterocycles. The van der Waals surface area contributed by atoms with Crippen LogP contribution in [-0.2, 0) is 14.8 Å². The highest BCUT2D eigenvalue weighted by Crippen LogP contribution is 2.25. The zero-order chi connectivity index (χ0) is 21.0. The highest BCUT2D eigenvalue weighted by Gasteiger charge is 2.26. The minimum absolute atomic E-state index is 0.0289. The summed E-state index contributed by atoms with van der Waals surface area (Å²) in [5.41, 5.74) is 9.11. The van der Waals surface area contributed by atoms with E-state index in [1.54, 1.807) is 25.1 Å². The van der Waals surface area contributed by atoms with Crippen LogP contribution in [0.5, 0.6) is 5.75 Å². The van der Waals surface area contributed by atoms with Gasteiger partial charge in [0.05, 0.1) is 29.5 Å². The van der Waals surface area contributed by atoms with E-state index in [0.29, 0.717) is 24.5 Å². The molecule has 1 aliphatic heterocycles. The van der Waals surface area contributed by atoms with Gasteiger partial charge in [-0.25, -0.2) is 13.8 Å². The number of nitrogens with two attached hydrogens (primary N) is 1. The van der Waals surface area contributed by atoms with Gasteiger partial charge in [-0.1, -0.05) is 12.1 Å². The third-order valence-corrected chi connectivity index (χ3v) is 6.38. The Kier molecular flexibility index (Phi) is 6.16. The molecule has 1 heterocycles. The average molecular weight is 418 g/mol. The van der Waals surface area contributed by atoms with Crippen molar-refractivity contribution < 1.29 is 23.1 Å². The molecule has 154 valence electrons. The van der Waals surface area contributed by atoms with E-state index in [-0.39, 0.29) is 35.0 Å². The fraction of sp³-hybridized carbons (Fsp3) is 0.263. The molecule has 0 saturated carbocycles. The Morgan fingerprint density at radius 3 is 2.62 bits per heavy atom. The largest absolute Gasteiger partial charge is 0.505 e. The summed E-state index contributed by atoms with van der Waals surface area (Å²) < 4.78 is 32.0. The molecule has 0 aromatic heterocycles. The third kappa shape index (κ3) is 4.56. The number of hydrogen-bond donors (Lipinski definition) is 3. The Balaban J connectivity index is 1.78. The van der Waals surface area contributed by atoms with E-state index in [4.69, 9.17) is 10.5 Å².